The summed E-state index contributed by atoms with van der Waals surface area (Å²) in [7, 11) is 0. The molecule has 1 atom stereocenters. The molecule has 0 saturated heterocycles. The molecule has 0 amide bonds. The Bertz CT molecular complexity index is 1100. The molecule has 3 aromatic rings. The fourth-order valence-electron chi connectivity index (χ4n) is 2.44. The smallest absolute Gasteiger partial charge is 0.285 e. The molecule has 2 heterocycles. The Kier molecular flexibility index (Phi) is 5.19. The number of nitriles is 1. The number of hydrogen-bond donors (Lipinski definition) is 0. The maximum absolute atomic E-state index is 12.5. The molecule has 0 bridgehead atoms. The molecule has 0 aliphatic heterocycles. The molecule has 8 nitrogen and oxygen atoms in total. The van der Waals surface area contributed by atoms with Crippen molar-refractivity contribution in [1.29, 1.82) is 5.26 Å². The van der Waals surface area contributed by atoms with Crippen molar-refractivity contribution >= 4 is 22.8 Å². The van der Waals surface area contributed by atoms with E-state index in [4.69, 9.17) is 0 Å². The van der Waals surface area contributed by atoms with Gasteiger partial charge in [-0.3, -0.25) is 19.7 Å². The number of thiazole rings is 1. The van der Waals surface area contributed by atoms with E-state index in [-0.39, 0.29) is 5.69 Å². The van der Waals surface area contributed by atoms with Crippen molar-refractivity contribution in [3.05, 3.63) is 79.5 Å². The summed E-state index contributed by atoms with van der Waals surface area (Å²) in [6, 6.07) is 13.3. The van der Waals surface area contributed by atoms with E-state index >= 15 is 0 Å². The Labute approximate surface area is 157 Å². The zero-order valence-corrected chi connectivity index (χ0v) is 14.6. The first-order chi connectivity index (χ1) is 13.0. The van der Waals surface area contributed by atoms with Crippen LogP contribution in [0.15, 0.2) is 58.8 Å². The average Bonchev–Trinajstić information content (AvgIpc) is 3.14. The number of carbonyl (C=O) groups is 1. The largest absolute Gasteiger partial charge is 0.301 e. The molecule has 0 aliphatic carbocycles. The number of aromatic nitrogens is 2. The minimum Gasteiger partial charge on any atom is -0.301 e. The summed E-state index contributed by atoms with van der Waals surface area (Å²) in [6.07, 6.45) is 0.992. The maximum atomic E-state index is 12.5. The van der Waals surface area contributed by atoms with Gasteiger partial charge in [-0.25, -0.2) is 4.98 Å². The number of nitrogens with zero attached hydrogens (tertiary/aromatic N) is 4. The summed E-state index contributed by atoms with van der Waals surface area (Å²) >= 11 is 1.18. The van der Waals surface area contributed by atoms with E-state index in [1.54, 1.807) is 5.38 Å². The lowest BCUT2D eigenvalue weighted by atomic mass is 10.1. The van der Waals surface area contributed by atoms with Crippen molar-refractivity contribution in [2.45, 2.75) is 12.5 Å². The third-order valence-corrected chi connectivity index (χ3v) is 4.70. The third-order valence-electron chi connectivity index (χ3n) is 3.79. The summed E-state index contributed by atoms with van der Waals surface area (Å²) in [4.78, 5) is 38.9. The maximum Gasteiger partial charge on any atom is 0.285 e. The molecular weight excluding hydrogens is 368 g/mol. The van der Waals surface area contributed by atoms with E-state index in [2.05, 4.69) is 4.98 Å². The number of nitro groups is 1. The highest BCUT2D eigenvalue weighted by molar-refractivity contribution is 7.10. The molecule has 134 valence electrons. The van der Waals surface area contributed by atoms with Crippen molar-refractivity contribution in [3.63, 3.8) is 0 Å². The van der Waals surface area contributed by atoms with E-state index in [9.17, 15) is 25.0 Å². The first kappa shape index (κ1) is 18.2. The monoisotopic (exact) mass is 380 g/mol. The minimum atomic E-state index is -1.15. The van der Waals surface area contributed by atoms with E-state index < -0.39 is 28.7 Å². The lowest BCUT2D eigenvalue weighted by Crippen LogP contribution is -2.26. The molecule has 0 fully saturated rings. The minimum absolute atomic E-state index is 0.309. The fourth-order valence-corrected chi connectivity index (χ4v) is 3.33. The van der Waals surface area contributed by atoms with Gasteiger partial charge in [-0.2, -0.15) is 5.26 Å². The van der Waals surface area contributed by atoms with Crippen LogP contribution in [0.2, 0.25) is 0 Å². The van der Waals surface area contributed by atoms with Gasteiger partial charge in [-0.05, 0) is 0 Å². The van der Waals surface area contributed by atoms with E-state index in [1.165, 1.54) is 11.3 Å². The van der Waals surface area contributed by atoms with Gasteiger partial charge in [0.2, 0.25) is 0 Å². The van der Waals surface area contributed by atoms with Crippen LogP contribution >= 0.6 is 11.3 Å². The van der Waals surface area contributed by atoms with E-state index in [0.29, 0.717) is 10.7 Å². The summed E-state index contributed by atoms with van der Waals surface area (Å²) in [5, 5.41) is 22.3. The van der Waals surface area contributed by atoms with Crippen molar-refractivity contribution in [2.24, 2.45) is 0 Å². The first-order valence-electron chi connectivity index (χ1n) is 7.77. The van der Waals surface area contributed by atoms with Crippen molar-refractivity contribution in [1.82, 2.24) is 9.55 Å². The van der Waals surface area contributed by atoms with Gasteiger partial charge in [0, 0.05) is 23.1 Å². The van der Waals surface area contributed by atoms with Crippen LogP contribution in [0.4, 0.5) is 5.69 Å². The number of Topliss-reactive ketones (excluding diaryl/α,β-unsaturated/α-hetero) is 1. The van der Waals surface area contributed by atoms with Gasteiger partial charge in [0.25, 0.3) is 11.2 Å². The van der Waals surface area contributed by atoms with E-state index in [1.807, 2.05) is 36.4 Å². The Morgan fingerprint density at radius 3 is 2.70 bits per heavy atom. The van der Waals surface area contributed by atoms with Gasteiger partial charge in [0.05, 0.1) is 29.4 Å². The van der Waals surface area contributed by atoms with Gasteiger partial charge in [0.1, 0.15) is 5.01 Å². The van der Waals surface area contributed by atoms with Gasteiger partial charge >= 0.3 is 0 Å². The number of carbonyl (C=O) groups excluding carboxylic acids is 1. The van der Waals surface area contributed by atoms with Crippen LogP contribution in [0.25, 0.3) is 11.3 Å². The second-order valence-electron chi connectivity index (χ2n) is 5.58. The molecule has 0 spiro atoms. The molecule has 9 heteroatoms. The molecular formula is C18H12N4O4S. The van der Waals surface area contributed by atoms with Gasteiger partial charge in [-0.15, -0.1) is 11.3 Å². The molecule has 0 N–H and O–H groups in total. The number of hydrogen-bond acceptors (Lipinski definition) is 7. The fraction of sp³-hybridized carbons (Fsp3) is 0.111. The van der Waals surface area contributed by atoms with Crippen LogP contribution in [0.1, 0.15) is 10.9 Å². The summed E-state index contributed by atoms with van der Waals surface area (Å²) in [5.74, 6) is -1.72. The third kappa shape index (κ3) is 3.96. The zero-order valence-electron chi connectivity index (χ0n) is 13.8. The first-order valence-corrected chi connectivity index (χ1v) is 8.65. The second kappa shape index (κ2) is 7.72. The van der Waals surface area contributed by atoms with Crippen LogP contribution in [0, 0.1) is 21.4 Å². The van der Waals surface area contributed by atoms with Crippen molar-refractivity contribution in [2.75, 3.05) is 0 Å². The number of pyridine rings is 1. The molecule has 0 saturated carbocycles. The van der Waals surface area contributed by atoms with E-state index in [0.717, 1.165) is 28.5 Å². The second-order valence-corrected chi connectivity index (χ2v) is 6.47. The van der Waals surface area contributed by atoms with Crippen LogP contribution in [-0.4, -0.2) is 20.3 Å². The number of benzene rings is 1. The number of rotatable bonds is 6. The lowest BCUT2D eigenvalue weighted by Gasteiger charge is -2.07. The molecule has 2 aromatic heterocycles. The number of ketones is 1. The predicted octanol–water partition coefficient (Wildman–Crippen LogP) is 2.76. The summed E-state index contributed by atoms with van der Waals surface area (Å²) in [5.41, 5.74) is 0.640. The normalized spacial score (nSPS) is 11.5. The van der Waals surface area contributed by atoms with Gasteiger partial charge in [0.15, 0.2) is 11.7 Å². The lowest BCUT2D eigenvalue weighted by molar-refractivity contribution is -0.385. The van der Waals surface area contributed by atoms with Crippen LogP contribution in [-0.2, 0) is 11.3 Å². The Morgan fingerprint density at radius 2 is 2.04 bits per heavy atom. The molecule has 1 unspecified atom stereocenters. The van der Waals surface area contributed by atoms with Gasteiger partial charge < -0.3 is 4.57 Å². The molecule has 0 aliphatic rings. The molecule has 3 rings (SSSR count). The highest BCUT2D eigenvalue weighted by atomic mass is 32.1. The SMILES string of the molecule is N#CC(C(=O)Cn1cc([N+](=O)[O-])ccc1=O)c1nc(-c2ccccc2)cs1. The highest BCUT2D eigenvalue weighted by Crippen LogP contribution is 2.27. The predicted molar refractivity (Wildman–Crippen MR) is 98.3 cm³/mol. The Morgan fingerprint density at radius 1 is 1.30 bits per heavy atom. The Balaban J connectivity index is 1.85. The molecule has 27 heavy (non-hydrogen) atoms. The average molecular weight is 380 g/mol. The Hall–Kier alpha value is -3.64. The summed E-state index contributed by atoms with van der Waals surface area (Å²) in [6.45, 7) is -0.445. The quantitative estimate of drug-likeness (QED) is 0.479. The summed E-state index contributed by atoms with van der Waals surface area (Å²) < 4.78 is 0.927. The highest BCUT2D eigenvalue weighted by Gasteiger charge is 2.25. The van der Waals surface area contributed by atoms with Crippen LogP contribution in [0.3, 0.4) is 0 Å². The molecule has 0 radical (unpaired) electrons. The van der Waals surface area contributed by atoms with Crippen LogP contribution < -0.4 is 5.56 Å². The zero-order chi connectivity index (χ0) is 19.4. The van der Waals surface area contributed by atoms with Crippen molar-refractivity contribution in [3.8, 4) is 17.3 Å². The van der Waals surface area contributed by atoms with Gasteiger partial charge in [-0.1, -0.05) is 30.3 Å². The standard InChI is InChI=1S/C18H12N4O4S/c19-8-14(18-20-15(11-27-18)12-4-2-1-3-5-12)16(23)10-21-9-13(22(25)26)6-7-17(21)24/h1-7,9,11,14H,10H2. The molecule has 1 aromatic carbocycles. The van der Waals surface area contributed by atoms with Crippen molar-refractivity contribution < 1.29 is 9.72 Å². The topological polar surface area (TPSA) is 119 Å². The van der Waals surface area contributed by atoms with Crippen LogP contribution in [0.5, 0.6) is 0 Å².